The molecule has 0 aliphatic carbocycles. The molecule has 0 atom stereocenters. The number of benzene rings is 2. The molecule has 0 radical (unpaired) electrons. The minimum absolute atomic E-state index is 0.0219. The zero-order chi connectivity index (χ0) is 18.4. The number of hydrogen-bond acceptors (Lipinski definition) is 3. The van der Waals surface area contributed by atoms with Gasteiger partial charge in [0.1, 0.15) is 11.6 Å². The van der Waals surface area contributed by atoms with E-state index < -0.39 is 0 Å². The van der Waals surface area contributed by atoms with Crippen molar-refractivity contribution in [2.45, 2.75) is 6.04 Å². The Morgan fingerprint density at radius 1 is 0.808 bits per heavy atom. The zero-order valence-electron chi connectivity index (χ0n) is 14.7. The van der Waals surface area contributed by atoms with E-state index in [0.717, 1.165) is 43.9 Å². The third-order valence-corrected chi connectivity index (χ3v) is 4.78. The molecule has 3 rings (SSSR count). The van der Waals surface area contributed by atoms with Crippen molar-refractivity contribution in [1.82, 2.24) is 9.80 Å². The standard InChI is InChI=1S/C21H24F2N2O/c22-19-7-3-17(4-8-19)21(18-5-9-20(23)10-6-18)25-14-12-24(13-15-25)11-1-2-16-26/h1-10,21,26H,11-16H2. The van der Waals surface area contributed by atoms with Crippen LogP contribution in [0.3, 0.4) is 0 Å². The molecule has 1 N–H and O–H groups in total. The first-order chi connectivity index (χ1) is 12.7. The fraction of sp³-hybridized carbons (Fsp3) is 0.333. The van der Waals surface area contributed by atoms with E-state index in [1.54, 1.807) is 30.3 Å². The average Bonchev–Trinajstić information content (AvgIpc) is 2.66. The second-order valence-electron chi connectivity index (χ2n) is 6.50. The lowest BCUT2D eigenvalue weighted by molar-refractivity contribution is 0.117. The van der Waals surface area contributed by atoms with Gasteiger partial charge in [-0.3, -0.25) is 9.80 Å². The quantitative estimate of drug-likeness (QED) is 0.804. The molecule has 0 amide bonds. The Labute approximate surface area is 153 Å². The van der Waals surface area contributed by atoms with Gasteiger partial charge in [0.2, 0.25) is 0 Å². The average molecular weight is 358 g/mol. The molecule has 1 saturated heterocycles. The smallest absolute Gasteiger partial charge is 0.123 e. The number of rotatable bonds is 6. The van der Waals surface area contributed by atoms with Crippen LogP contribution in [-0.4, -0.2) is 54.2 Å². The van der Waals surface area contributed by atoms with Crippen LogP contribution in [-0.2, 0) is 0 Å². The Kier molecular flexibility index (Phi) is 6.50. The molecule has 2 aromatic rings. The van der Waals surface area contributed by atoms with Gasteiger partial charge in [-0.15, -0.1) is 0 Å². The van der Waals surface area contributed by atoms with Crippen LogP contribution in [0.5, 0.6) is 0 Å². The van der Waals surface area contributed by atoms with Crippen LogP contribution in [0, 0.1) is 11.6 Å². The van der Waals surface area contributed by atoms with Crippen molar-refractivity contribution in [3.8, 4) is 0 Å². The van der Waals surface area contributed by atoms with E-state index in [9.17, 15) is 8.78 Å². The summed E-state index contributed by atoms with van der Waals surface area (Å²) in [5, 5.41) is 8.83. The van der Waals surface area contributed by atoms with E-state index in [4.69, 9.17) is 5.11 Å². The maximum atomic E-state index is 13.4. The number of piperazine rings is 1. The molecule has 0 saturated carbocycles. The highest BCUT2D eigenvalue weighted by Crippen LogP contribution is 2.30. The van der Waals surface area contributed by atoms with E-state index in [1.807, 2.05) is 6.08 Å². The Balaban J connectivity index is 1.77. The lowest BCUT2D eigenvalue weighted by Gasteiger charge is -2.39. The van der Waals surface area contributed by atoms with Crippen molar-refractivity contribution in [3.63, 3.8) is 0 Å². The molecule has 2 aromatic carbocycles. The number of nitrogens with zero attached hydrogens (tertiary/aromatic N) is 2. The predicted octanol–water partition coefficient (Wildman–Crippen LogP) is 3.22. The molecular weight excluding hydrogens is 334 g/mol. The van der Waals surface area contributed by atoms with Gasteiger partial charge in [-0.1, -0.05) is 36.4 Å². The summed E-state index contributed by atoms with van der Waals surface area (Å²) in [6, 6.07) is 13.1. The second-order valence-corrected chi connectivity index (χ2v) is 6.50. The molecule has 0 spiro atoms. The molecule has 3 nitrogen and oxygen atoms in total. The van der Waals surface area contributed by atoms with Gasteiger partial charge in [0.15, 0.2) is 0 Å². The van der Waals surface area contributed by atoms with Crippen LogP contribution in [0.1, 0.15) is 17.2 Å². The molecule has 26 heavy (non-hydrogen) atoms. The van der Waals surface area contributed by atoms with Gasteiger partial charge < -0.3 is 5.11 Å². The van der Waals surface area contributed by atoms with Crippen molar-refractivity contribution in [3.05, 3.63) is 83.4 Å². The molecule has 0 unspecified atom stereocenters. The van der Waals surface area contributed by atoms with Crippen LogP contribution in [0.15, 0.2) is 60.7 Å². The van der Waals surface area contributed by atoms with Crippen LogP contribution < -0.4 is 0 Å². The molecular formula is C21H24F2N2O. The Morgan fingerprint density at radius 2 is 1.31 bits per heavy atom. The van der Waals surface area contributed by atoms with E-state index in [2.05, 4.69) is 9.80 Å². The van der Waals surface area contributed by atoms with Gasteiger partial charge in [0, 0.05) is 32.7 Å². The lowest BCUT2D eigenvalue weighted by Crippen LogP contribution is -2.47. The highest BCUT2D eigenvalue weighted by atomic mass is 19.1. The first-order valence-corrected chi connectivity index (χ1v) is 8.90. The van der Waals surface area contributed by atoms with Gasteiger partial charge in [-0.25, -0.2) is 8.78 Å². The monoisotopic (exact) mass is 358 g/mol. The van der Waals surface area contributed by atoms with Crippen LogP contribution >= 0.6 is 0 Å². The van der Waals surface area contributed by atoms with Crippen LogP contribution in [0.25, 0.3) is 0 Å². The van der Waals surface area contributed by atoms with Gasteiger partial charge in [0.05, 0.1) is 12.6 Å². The summed E-state index contributed by atoms with van der Waals surface area (Å²) in [6.45, 7) is 4.45. The normalized spacial score (nSPS) is 16.6. The molecule has 1 aliphatic heterocycles. The third kappa shape index (κ3) is 4.75. The molecule has 0 bridgehead atoms. The summed E-state index contributed by atoms with van der Waals surface area (Å²) in [6.07, 6.45) is 3.74. The summed E-state index contributed by atoms with van der Waals surface area (Å²) >= 11 is 0. The topological polar surface area (TPSA) is 26.7 Å². The Hall–Kier alpha value is -2.08. The fourth-order valence-corrected chi connectivity index (χ4v) is 3.41. The Morgan fingerprint density at radius 3 is 1.77 bits per heavy atom. The van der Waals surface area contributed by atoms with Gasteiger partial charge in [-0.05, 0) is 35.4 Å². The van der Waals surface area contributed by atoms with Crippen molar-refractivity contribution in [2.24, 2.45) is 0 Å². The summed E-state index contributed by atoms with van der Waals surface area (Å²) in [5.41, 5.74) is 2.01. The fourth-order valence-electron chi connectivity index (χ4n) is 3.41. The number of hydrogen-bond donors (Lipinski definition) is 1. The minimum atomic E-state index is -0.257. The lowest BCUT2D eigenvalue weighted by atomic mass is 9.96. The largest absolute Gasteiger partial charge is 0.392 e. The zero-order valence-corrected chi connectivity index (χ0v) is 14.7. The maximum Gasteiger partial charge on any atom is 0.123 e. The van der Waals surface area contributed by atoms with E-state index >= 15 is 0 Å². The Bertz CT molecular complexity index is 662. The van der Waals surface area contributed by atoms with Gasteiger partial charge in [0.25, 0.3) is 0 Å². The summed E-state index contributed by atoms with van der Waals surface area (Å²) in [7, 11) is 0. The maximum absolute atomic E-state index is 13.4. The summed E-state index contributed by atoms with van der Waals surface area (Å²) in [5.74, 6) is -0.515. The van der Waals surface area contributed by atoms with Crippen LogP contribution in [0.4, 0.5) is 8.78 Å². The molecule has 1 heterocycles. The van der Waals surface area contributed by atoms with Gasteiger partial charge >= 0.3 is 0 Å². The van der Waals surface area contributed by atoms with E-state index in [-0.39, 0.29) is 24.3 Å². The third-order valence-electron chi connectivity index (χ3n) is 4.78. The molecule has 138 valence electrons. The molecule has 0 aromatic heterocycles. The SMILES string of the molecule is OCC=CCN1CCN(C(c2ccc(F)cc2)c2ccc(F)cc2)CC1. The predicted molar refractivity (Wildman–Crippen MR) is 98.9 cm³/mol. The number of halogens is 2. The van der Waals surface area contributed by atoms with E-state index in [1.165, 1.54) is 24.3 Å². The highest BCUT2D eigenvalue weighted by molar-refractivity contribution is 5.32. The van der Waals surface area contributed by atoms with Crippen molar-refractivity contribution >= 4 is 0 Å². The first kappa shape index (κ1) is 18.7. The van der Waals surface area contributed by atoms with Gasteiger partial charge in [-0.2, -0.15) is 0 Å². The first-order valence-electron chi connectivity index (χ1n) is 8.90. The van der Waals surface area contributed by atoms with Crippen molar-refractivity contribution in [1.29, 1.82) is 0 Å². The van der Waals surface area contributed by atoms with Crippen molar-refractivity contribution < 1.29 is 13.9 Å². The number of aliphatic hydroxyl groups is 1. The second kappa shape index (κ2) is 9.03. The summed E-state index contributed by atoms with van der Waals surface area (Å²) in [4.78, 5) is 4.68. The highest BCUT2D eigenvalue weighted by Gasteiger charge is 2.26. The summed E-state index contributed by atoms with van der Waals surface area (Å²) < 4.78 is 26.7. The minimum Gasteiger partial charge on any atom is -0.392 e. The van der Waals surface area contributed by atoms with E-state index in [0.29, 0.717) is 0 Å². The molecule has 1 aliphatic rings. The van der Waals surface area contributed by atoms with Crippen molar-refractivity contribution in [2.75, 3.05) is 39.3 Å². The number of aliphatic hydroxyl groups excluding tert-OH is 1. The van der Waals surface area contributed by atoms with Crippen LogP contribution in [0.2, 0.25) is 0 Å². The molecule has 5 heteroatoms. The molecule has 1 fully saturated rings.